The van der Waals surface area contributed by atoms with Crippen molar-refractivity contribution in [1.82, 2.24) is 25.0 Å². The van der Waals surface area contributed by atoms with Gasteiger partial charge in [-0.15, -0.1) is 16.4 Å². The molecule has 2 aromatic heterocycles. The maximum absolute atomic E-state index is 12.9. The van der Waals surface area contributed by atoms with Crippen LogP contribution in [-0.4, -0.2) is 36.0 Å². The van der Waals surface area contributed by atoms with E-state index in [-0.39, 0.29) is 20.1 Å². The first kappa shape index (κ1) is 25.5. The maximum atomic E-state index is 12.9. The first-order chi connectivity index (χ1) is 16.5. The van der Waals surface area contributed by atoms with Crippen LogP contribution in [0.1, 0.15) is 24.1 Å². The van der Waals surface area contributed by atoms with Crippen LogP contribution in [0.15, 0.2) is 40.6 Å². The van der Waals surface area contributed by atoms with Crippen LogP contribution >= 0.6 is 34.5 Å². The van der Waals surface area contributed by atoms with Gasteiger partial charge in [0.05, 0.1) is 16.3 Å². The number of allylic oxidation sites excluding steroid dienone is 1. The summed E-state index contributed by atoms with van der Waals surface area (Å²) in [5, 5.41) is 10.7. The largest absolute Gasteiger partial charge is 0.416 e. The van der Waals surface area contributed by atoms with Crippen LogP contribution in [0.4, 0.5) is 18.0 Å². The van der Waals surface area contributed by atoms with Crippen LogP contribution in [0, 0.1) is 0 Å². The fraction of sp³-hybridized carbons (Fsp3) is 0.250. The van der Waals surface area contributed by atoms with Crippen LogP contribution in [0.2, 0.25) is 9.36 Å². The highest BCUT2D eigenvalue weighted by Crippen LogP contribution is 2.36. The van der Waals surface area contributed by atoms with E-state index in [1.54, 1.807) is 10.8 Å². The Morgan fingerprint density at radius 3 is 2.57 bits per heavy atom. The molecular weight excluding hydrogens is 550 g/mol. The van der Waals surface area contributed by atoms with Gasteiger partial charge >= 0.3 is 12.2 Å². The van der Waals surface area contributed by atoms with Crippen LogP contribution in [-0.2, 0) is 22.7 Å². The van der Waals surface area contributed by atoms with Crippen molar-refractivity contribution in [2.75, 3.05) is 6.54 Å². The first-order valence-electron chi connectivity index (χ1n) is 10.0. The highest BCUT2D eigenvalue weighted by atomic mass is 35.5. The van der Waals surface area contributed by atoms with Crippen molar-refractivity contribution in [1.29, 1.82) is 0 Å². The lowest BCUT2D eigenvalue weighted by molar-refractivity contribution is -0.137. The van der Waals surface area contributed by atoms with E-state index < -0.39 is 27.8 Å². The molecule has 0 radical (unpaired) electrons. The van der Waals surface area contributed by atoms with E-state index >= 15 is 0 Å². The molecule has 0 unspecified atom stereocenters. The molecule has 3 heterocycles. The summed E-state index contributed by atoms with van der Waals surface area (Å²) in [6.45, 7) is 0.568. The minimum atomic E-state index is -4.45. The number of urea groups is 1. The lowest BCUT2D eigenvalue weighted by Crippen LogP contribution is -2.39. The van der Waals surface area contributed by atoms with Crippen molar-refractivity contribution in [3.05, 3.63) is 57.0 Å². The zero-order chi connectivity index (χ0) is 25.4. The van der Waals surface area contributed by atoms with Gasteiger partial charge in [-0.1, -0.05) is 46.6 Å². The Hall–Kier alpha value is -2.61. The smallest absolute Gasteiger partial charge is 0.334 e. The molecule has 0 atom stereocenters. The van der Waals surface area contributed by atoms with Gasteiger partial charge in [-0.05, 0) is 36.6 Å². The second kappa shape index (κ2) is 9.80. The molecule has 2 N–H and O–H groups in total. The molecule has 1 aliphatic rings. The molecule has 4 rings (SSSR count). The van der Waals surface area contributed by atoms with E-state index in [4.69, 9.17) is 23.2 Å². The van der Waals surface area contributed by atoms with E-state index in [0.717, 1.165) is 30.2 Å². The highest BCUT2D eigenvalue weighted by Gasteiger charge is 2.30. The zero-order valence-electron chi connectivity index (χ0n) is 17.6. The van der Waals surface area contributed by atoms with Crippen LogP contribution in [0.3, 0.4) is 0 Å². The molecule has 35 heavy (non-hydrogen) atoms. The van der Waals surface area contributed by atoms with Crippen molar-refractivity contribution in [3.8, 4) is 11.3 Å². The summed E-state index contributed by atoms with van der Waals surface area (Å²) >= 11 is 12.3. The molecule has 0 bridgehead atoms. The Labute approximate surface area is 211 Å². The molecule has 0 spiro atoms. The van der Waals surface area contributed by atoms with Crippen molar-refractivity contribution >= 4 is 56.2 Å². The van der Waals surface area contributed by atoms with Gasteiger partial charge in [0.1, 0.15) is 14.2 Å². The third kappa shape index (κ3) is 5.63. The van der Waals surface area contributed by atoms with Crippen molar-refractivity contribution < 1.29 is 26.4 Å². The number of rotatable bonds is 5. The third-order valence-electron chi connectivity index (χ3n) is 5.07. The predicted octanol–water partition coefficient (Wildman–Crippen LogP) is 5.20. The monoisotopic (exact) mass is 565 g/mol. The molecule has 2 amide bonds. The molecule has 1 aliphatic heterocycles. The minimum Gasteiger partial charge on any atom is -0.334 e. The Morgan fingerprint density at radius 1 is 1.23 bits per heavy atom. The summed E-state index contributed by atoms with van der Waals surface area (Å²) in [6.07, 6.45) is -1.39. The van der Waals surface area contributed by atoms with Gasteiger partial charge in [0, 0.05) is 18.7 Å². The number of aromatic nitrogens is 3. The molecule has 0 fully saturated rings. The summed E-state index contributed by atoms with van der Waals surface area (Å²) in [4.78, 5) is 12.1. The Kier molecular flexibility index (Phi) is 7.13. The lowest BCUT2D eigenvalue weighted by Gasteiger charge is -2.18. The van der Waals surface area contributed by atoms with Crippen LogP contribution in [0.5, 0.6) is 0 Å². The van der Waals surface area contributed by atoms with Crippen molar-refractivity contribution in [2.45, 2.75) is 29.8 Å². The zero-order valence-corrected chi connectivity index (χ0v) is 20.7. The number of amides is 2. The average molecular weight is 566 g/mol. The van der Waals surface area contributed by atoms with Gasteiger partial charge < -0.3 is 5.32 Å². The number of thiophene rings is 1. The van der Waals surface area contributed by atoms with Gasteiger partial charge in [0.2, 0.25) is 0 Å². The number of carbonyl (C=O) groups excluding carboxylic acids is 1. The van der Waals surface area contributed by atoms with Crippen LogP contribution < -0.4 is 10.0 Å². The fourth-order valence-corrected chi connectivity index (χ4v) is 6.28. The minimum absolute atomic E-state index is 0.0136. The van der Waals surface area contributed by atoms with Gasteiger partial charge in [-0.2, -0.15) is 13.2 Å². The fourth-order valence-electron chi connectivity index (χ4n) is 3.47. The highest BCUT2D eigenvalue weighted by molar-refractivity contribution is 7.92. The van der Waals surface area contributed by atoms with Crippen LogP contribution in [0.25, 0.3) is 16.8 Å². The number of sulfonamides is 1. The number of aryl methyl sites for hydroxylation is 1. The second-order valence-electron chi connectivity index (χ2n) is 7.42. The van der Waals surface area contributed by atoms with E-state index in [2.05, 4.69) is 15.6 Å². The Balaban J connectivity index is 1.48. The summed E-state index contributed by atoms with van der Waals surface area (Å²) < 4.78 is 66.7. The number of carbonyl (C=O) groups is 1. The normalized spacial score (nSPS) is 15.2. The third-order valence-corrected chi connectivity index (χ3v) is 8.74. The predicted molar refractivity (Wildman–Crippen MR) is 126 cm³/mol. The number of hydrogen-bond donors (Lipinski definition) is 2. The average Bonchev–Trinajstić information content (AvgIpc) is 3.37. The number of nitrogens with one attached hydrogen (secondary N) is 2. The summed E-state index contributed by atoms with van der Waals surface area (Å²) in [6, 6.07) is 4.82. The number of hydrogen-bond acceptors (Lipinski definition) is 6. The number of nitrogens with zero attached hydrogens (tertiary/aromatic N) is 3. The molecule has 186 valence electrons. The standard InChI is InChI=1S/C20H16Cl2F3N5O3S2/c21-14-10-15(34-18(14)22)35(32,33)28-19(31)26-8-7-12-2-1-9-30-17(12)16(27-29-30)11-3-5-13(6-4-11)20(23,24)25/h3-7,10H,1-2,8-9H2,(H2,26,28,31)/b12-7+. The lowest BCUT2D eigenvalue weighted by atomic mass is 9.97. The van der Waals surface area contributed by atoms with Gasteiger partial charge in [0.15, 0.2) is 0 Å². The quantitative estimate of drug-likeness (QED) is 0.442. The van der Waals surface area contributed by atoms with Crippen molar-refractivity contribution in [2.24, 2.45) is 0 Å². The number of halogens is 5. The Morgan fingerprint density at radius 2 is 1.94 bits per heavy atom. The van der Waals surface area contributed by atoms with Gasteiger partial charge in [-0.25, -0.2) is 22.6 Å². The van der Waals surface area contributed by atoms with E-state index in [1.165, 1.54) is 12.1 Å². The topological polar surface area (TPSA) is 106 Å². The number of alkyl halides is 3. The number of fused-ring (bicyclic) bond motifs is 1. The number of benzene rings is 1. The summed E-state index contributed by atoms with van der Waals surface area (Å²) in [5.74, 6) is 0. The Bertz CT molecular complexity index is 1380. The second-order valence-corrected chi connectivity index (χ2v) is 11.4. The van der Waals surface area contributed by atoms with E-state index in [9.17, 15) is 26.4 Å². The summed E-state index contributed by atoms with van der Waals surface area (Å²) in [5.41, 5.74) is 1.53. The first-order valence-corrected chi connectivity index (χ1v) is 13.1. The van der Waals surface area contributed by atoms with Gasteiger partial charge in [-0.3, -0.25) is 0 Å². The molecule has 0 aliphatic carbocycles. The molecule has 1 aromatic carbocycles. The molecule has 0 saturated heterocycles. The molecular formula is C20H16Cl2F3N5O3S2. The molecule has 3 aromatic rings. The maximum Gasteiger partial charge on any atom is 0.416 e. The SMILES string of the molecule is O=C(NC/C=C1\CCCn2nnc(-c3ccc(C(F)(F)F)cc3)c21)NS(=O)(=O)c1cc(Cl)c(Cl)s1. The summed E-state index contributed by atoms with van der Waals surface area (Å²) in [7, 11) is -4.15. The van der Waals surface area contributed by atoms with E-state index in [0.29, 0.717) is 41.3 Å². The van der Waals surface area contributed by atoms with E-state index in [1.807, 2.05) is 4.72 Å². The van der Waals surface area contributed by atoms with Gasteiger partial charge in [0.25, 0.3) is 10.0 Å². The van der Waals surface area contributed by atoms with Crippen molar-refractivity contribution in [3.63, 3.8) is 0 Å². The molecule has 8 nitrogen and oxygen atoms in total. The molecule has 15 heteroatoms. The molecule has 0 saturated carbocycles.